The Labute approximate surface area is 335 Å². The highest BCUT2D eigenvalue weighted by atomic mass is 15.0. The number of hydrogen-bond donors (Lipinski definition) is 0. The molecule has 2 aliphatic rings. The molecule has 12 rings (SSSR count). The lowest BCUT2D eigenvalue weighted by molar-refractivity contribution is 0.608. The number of benzene rings is 5. The molecule has 5 nitrogen and oxygen atoms in total. The molecule has 5 heteroatoms. The summed E-state index contributed by atoms with van der Waals surface area (Å²) < 4.78 is 4.78. The van der Waals surface area contributed by atoms with Crippen molar-refractivity contribution in [3.8, 4) is 33.8 Å². The fraction of sp³-hybridized carbons (Fsp3) is 0.0755. The van der Waals surface area contributed by atoms with E-state index in [1.54, 1.807) is 0 Å². The van der Waals surface area contributed by atoms with E-state index in [0.29, 0.717) is 0 Å². The van der Waals surface area contributed by atoms with Crippen LogP contribution in [-0.4, -0.2) is 24.1 Å². The Hall–Kier alpha value is -7.37. The van der Waals surface area contributed by atoms with Crippen molar-refractivity contribution in [2.45, 2.75) is 25.2 Å². The quantitative estimate of drug-likeness (QED) is 0.176. The standard InChI is InChI=1S/C53H37N5/c1-53(36-22-24-47-43(32-36)52-49(19-10-28-56-52)57(47)37-12-3-2-4-13-37)26-25-35-30-41-39(44(35)33-53)16-9-18-46(41)58-48-23-21-34(31-42(48)51-50(58)20-11-29-55-51)38-14-5-6-15-40(38)45-17-7-8-27-54-45/h2-29,31-32H,30,33H2,1H3. The van der Waals surface area contributed by atoms with Crippen molar-refractivity contribution in [1.82, 2.24) is 24.1 Å². The molecule has 0 saturated carbocycles. The van der Waals surface area contributed by atoms with Crippen molar-refractivity contribution >= 4 is 49.4 Å². The molecule has 1 unspecified atom stereocenters. The third-order valence-corrected chi connectivity index (χ3v) is 12.6. The molecule has 5 heterocycles. The maximum atomic E-state index is 4.99. The van der Waals surface area contributed by atoms with Gasteiger partial charge in [-0.2, -0.15) is 0 Å². The molecule has 0 spiro atoms. The second-order valence-electron chi connectivity index (χ2n) is 15.9. The second kappa shape index (κ2) is 12.6. The third kappa shape index (κ3) is 4.86. The summed E-state index contributed by atoms with van der Waals surface area (Å²) in [7, 11) is 0. The van der Waals surface area contributed by atoms with Crippen LogP contribution in [0.1, 0.15) is 30.0 Å². The van der Waals surface area contributed by atoms with Crippen LogP contribution >= 0.6 is 0 Å². The van der Waals surface area contributed by atoms with Gasteiger partial charge in [-0.25, -0.2) is 0 Å². The molecule has 1 atom stereocenters. The average molecular weight is 744 g/mol. The van der Waals surface area contributed by atoms with E-state index in [1.807, 2.05) is 36.8 Å². The van der Waals surface area contributed by atoms with Crippen LogP contribution in [0.3, 0.4) is 0 Å². The summed E-state index contributed by atoms with van der Waals surface area (Å²) in [5.41, 5.74) is 20.1. The number of rotatable bonds is 5. The fourth-order valence-electron chi connectivity index (χ4n) is 9.79. The van der Waals surface area contributed by atoms with Crippen LogP contribution in [0.4, 0.5) is 0 Å². The SMILES string of the molecule is CC1(c2ccc3c(c2)c2ncccc2n3-c2ccccc2)C=CC2=C(C1)c1cccc(-n3c4ccc(-c5ccccc5-c5ccccn5)cc4c4ncccc43)c1C2. The third-order valence-electron chi connectivity index (χ3n) is 12.6. The van der Waals surface area contributed by atoms with Crippen molar-refractivity contribution in [1.29, 1.82) is 0 Å². The molecule has 2 aliphatic carbocycles. The Balaban J connectivity index is 0.946. The number of hydrogen-bond acceptors (Lipinski definition) is 3. The summed E-state index contributed by atoms with van der Waals surface area (Å²) in [5, 5.41) is 2.33. The van der Waals surface area contributed by atoms with E-state index in [0.717, 1.165) is 73.9 Å². The first-order chi connectivity index (χ1) is 28.6. The number of pyridine rings is 3. The van der Waals surface area contributed by atoms with Gasteiger partial charge in [0, 0.05) is 52.4 Å². The van der Waals surface area contributed by atoms with Gasteiger partial charge in [0.15, 0.2) is 0 Å². The lowest BCUT2D eigenvalue weighted by Gasteiger charge is -2.31. The van der Waals surface area contributed by atoms with Gasteiger partial charge in [-0.3, -0.25) is 15.0 Å². The Morgan fingerprint density at radius 1 is 0.534 bits per heavy atom. The summed E-state index contributed by atoms with van der Waals surface area (Å²) in [4.78, 5) is 14.6. The topological polar surface area (TPSA) is 48.5 Å². The van der Waals surface area contributed by atoms with Crippen molar-refractivity contribution < 1.29 is 0 Å². The van der Waals surface area contributed by atoms with Crippen molar-refractivity contribution in [3.05, 3.63) is 205 Å². The summed E-state index contributed by atoms with van der Waals surface area (Å²) >= 11 is 0. The van der Waals surface area contributed by atoms with Crippen LogP contribution in [-0.2, 0) is 11.8 Å². The second-order valence-corrected chi connectivity index (χ2v) is 15.9. The van der Waals surface area contributed by atoms with Gasteiger partial charge in [0.2, 0.25) is 0 Å². The molecule has 0 fully saturated rings. The molecule has 0 bridgehead atoms. The van der Waals surface area contributed by atoms with Crippen molar-refractivity contribution in [2.75, 3.05) is 0 Å². The van der Waals surface area contributed by atoms with Crippen molar-refractivity contribution in [2.24, 2.45) is 0 Å². The molecular weight excluding hydrogens is 707 g/mol. The highest BCUT2D eigenvalue weighted by molar-refractivity contribution is 6.09. The summed E-state index contributed by atoms with van der Waals surface area (Å²) in [6.07, 6.45) is 12.3. The molecular formula is C53H37N5. The molecule has 0 aliphatic heterocycles. The molecule has 0 radical (unpaired) electrons. The Morgan fingerprint density at radius 3 is 2.03 bits per heavy atom. The zero-order valence-corrected chi connectivity index (χ0v) is 32.0. The van der Waals surface area contributed by atoms with Gasteiger partial charge in [0.05, 0.1) is 44.5 Å². The monoisotopic (exact) mass is 743 g/mol. The van der Waals surface area contributed by atoms with Crippen LogP contribution in [0.2, 0.25) is 0 Å². The molecule has 5 aromatic carbocycles. The minimum absolute atomic E-state index is 0.181. The summed E-state index contributed by atoms with van der Waals surface area (Å²) in [6, 6.07) is 54.4. The van der Waals surface area contributed by atoms with E-state index >= 15 is 0 Å². The van der Waals surface area contributed by atoms with E-state index in [2.05, 4.69) is 167 Å². The predicted molar refractivity (Wildman–Crippen MR) is 238 cm³/mol. The van der Waals surface area contributed by atoms with Crippen LogP contribution < -0.4 is 0 Å². The molecule has 58 heavy (non-hydrogen) atoms. The zero-order valence-electron chi connectivity index (χ0n) is 32.0. The lowest BCUT2D eigenvalue weighted by Crippen LogP contribution is -2.22. The van der Waals surface area contributed by atoms with Crippen molar-refractivity contribution in [3.63, 3.8) is 0 Å². The van der Waals surface area contributed by atoms with Crippen LogP contribution in [0, 0.1) is 0 Å². The van der Waals surface area contributed by atoms with Crippen LogP contribution in [0.15, 0.2) is 188 Å². The number of allylic oxidation sites excluding steroid dienone is 4. The summed E-state index contributed by atoms with van der Waals surface area (Å²) in [5.74, 6) is 0. The average Bonchev–Trinajstić information content (AvgIpc) is 3.94. The summed E-state index contributed by atoms with van der Waals surface area (Å²) in [6.45, 7) is 2.39. The molecule has 0 amide bonds. The number of aromatic nitrogens is 5. The smallest absolute Gasteiger partial charge is 0.0963 e. The van der Waals surface area contributed by atoms with Gasteiger partial charge in [0.25, 0.3) is 0 Å². The molecule has 10 aromatic rings. The van der Waals surface area contributed by atoms with Crippen LogP contribution in [0.5, 0.6) is 0 Å². The lowest BCUT2D eigenvalue weighted by atomic mass is 9.72. The van der Waals surface area contributed by atoms with E-state index in [4.69, 9.17) is 9.97 Å². The Kier molecular flexibility index (Phi) is 7.12. The van der Waals surface area contributed by atoms with E-state index in [-0.39, 0.29) is 5.41 Å². The first-order valence-electron chi connectivity index (χ1n) is 20.0. The number of nitrogens with zero attached hydrogens (tertiary/aromatic N) is 5. The molecule has 0 N–H and O–H groups in total. The molecule has 274 valence electrons. The highest BCUT2D eigenvalue weighted by Gasteiger charge is 2.35. The molecule has 0 saturated heterocycles. The number of para-hydroxylation sites is 1. The largest absolute Gasteiger partial charge is 0.308 e. The van der Waals surface area contributed by atoms with Gasteiger partial charge < -0.3 is 9.13 Å². The van der Waals surface area contributed by atoms with E-state index in [1.165, 1.54) is 44.4 Å². The van der Waals surface area contributed by atoms with Gasteiger partial charge in [0.1, 0.15) is 0 Å². The maximum Gasteiger partial charge on any atom is 0.0963 e. The highest BCUT2D eigenvalue weighted by Crippen LogP contribution is 2.49. The van der Waals surface area contributed by atoms with Gasteiger partial charge >= 0.3 is 0 Å². The normalized spacial score (nSPS) is 16.2. The van der Waals surface area contributed by atoms with Gasteiger partial charge in [-0.15, -0.1) is 0 Å². The predicted octanol–water partition coefficient (Wildman–Crippen LogP) is 12.6. The Bertz CT molecular complexity index is 3350. The first-order valence-corrected chi connectivity index (χ1v) is 20.0. The van der Waals surface area contributed by atoms with Gasteiger partial charge in [-0.1, -0.05) is 91.9 Å². The maximum absolute atomic E-state index is 4.99. The minimum atomic E-state index is -0.181. The minimum Gasteiger partial charge on any atom is -0.308 e. The fourth-order valence-corrected chi connectivity index (χ4v) is 9.79. The van der Waals surface area contributed by atoms with E-state index in [9.17, 15) is 0 Å². The number of fused-ring (bicyclic) bond motifs is 8. The first kappa shape index (κ1) is 32.8. The van der Waals surface area contributed by atoms with Gasteiger partial charge in [-0.05, 0) is 124 Å². The van der Waals surface area contributed by atoms with Crippen LogP contribution in [0.25, 0.3) is 83.2 Å². The van der Waals surface area contributed by atoms with E-state index < -0.39 is 0 Å². The molecule has 5 aromatic heterocycles. The zero-order chi connectivity index (χ0) is 38.4. The Morgan fingerprint density at radius 2 is 1.22 bits per heavy atom.